The van der Waals surface area contributed by atoms with Crippen molar-refractivity contribution in [2.24, 2.45) is 5.92 Å². The van der Waals surface area contributed by atoms with Crippen molar-refractivity contribution in [1.82, 2.24) is 4.90 Å². The number of aliphatic hydroxyl groups is 1. The molecule has 0 amide bonds. The molecule has 2 heteroatoms. The molecule has 1 rings (SSSR count). The molecular formula is C11H23NO. The Balaban J connectivity index is 2.38. The van der Waals surface area contributed by atoms with E-state index in [0.29, 0.717) is 0 Å². The van der Waals surface area contributed by atoms with Gasteiger partial charge in [-0.15, -0.1) is 0 Å². The van der Waals surface area contributed by atoms with Crippen LogP contribution in [-0.4, -0.2) is 35.7 Å². The normalized spacial score (nSPS) is 35.3. The third kappa shape index (κ3) is 3.28. The van der Waals surface area contributed by atoms with E-state index in [-0.39, 0.29) is 0 Å². The molecule has 0 saturated heterocycles. The second-order valence-corrected chi connectivity index (χ2v) is 4.74. The van der Waals surface area contributed by atoms with Crippen molar-refractivity contribution < 1.29 is 5.11 Å². The topological polar surface area (TPSA) is 23.5 Å². The number of likely N-dealkylation sites (N-methyl/N-ethyl adjacent to an activating group) is 1. The summed E-state index contributed by atoms with van der Waals surface area (Å²) >= 11 is 0. The summed E-state index contributed by atoms with van der Waals surface area (Å²) in [5.41, 5.74) is -0.392. The van der Waals surface area contributed by atoms with Crippen molar-refractivity contribution in [2.75, 3.05) is 20.1 Å². The molecule has 2 nitrogen and oxygen atoms in total. The molecule has 1 N–H and O–H groups in total. The van der Waals surface area contributed by atoms with E-state index in [0.717, 1.165) is 31.8 Å². The highest BCUT2D eigenvalue weighted by Crippen LogP contribution is 2.32. The lowest BCUT2D eigenvalue weighted by Crippen LogP contribution is -2.43. The van der Waals surface area contributed by atoms with E-state index in [1.54, 1.807) is 0 Å². The van der Waals surface area contributed by atoms with Crippen LogP contribution in [0.3, 0.4) is 0 Å². The summed E-state index contributed by atoms with van der Waals surface area (Å²) < 4.78 is 0. The second kappa shape index (κ2) is 4.43. The molecule has 13 heavy (non-hydrogen) atoms. The maximum absolute atomic E-state index is 10.2. The number of rotatable bonds is 3. The zero-order valence-electron chi connectivity index (χ0n) is 9.21. The first-order valence-corrected chi connectivity index (χ1v) is 5.46. The lowest BCUT2D eigenvalue weighted by molar-refractivity contribution is -0.0292. The Morgan fingerprint density at radius 2 is 1.92 bits per heavy atom. The van der Waals surface area contributed by atoms with Gasteiger partial charge in [-0.05, 0) is 45.2 Å². The summed E-state index contributed by atoms with van der Waals surface area (Å²) in [5.74, 6) is 0.812. The SMILES string of the molecule is CCN(C)CC1(O)CCC(C)CC1. The Hall–Kier alpha value is -0.0800. The maximum atomic E-state index is 10.2. The van der Waals surface area contributed by atoms with E-state index in [1.165, 1.54) is 12.8 Å². The van der Waals surface area contributed by atoms with Crippen molar-refractivity contribution in [2.45, 2.75) is 45.1 Å². The van der Waals surface area contributed by atoms with Gasteiger partial charge in [0.2, 0.25) is 0 Å². The fourth-order valence-corrected chi connectivity index (χ4v) is 2.07. The lowest BCUT2D eigenvalue weighted by atomic mass is 9.79. The third-order valence-corrected chi connectivity index (χ3v) is 3.31. The Kier molecular flexibility index (Phi) is 3.74. The third-order valence-electron chi connectivity index (χ3n) is 3.31. The summed E-state index contributed by atoms with van der Waals surface area (Å²) in [6.07, 6.45) is 4.35. The van der Waals surface area contributed by atoms with Crippen LogP contribution in [0.25, 0.3) is 0 Å². The molecule has 1 aliphatic rings. The summed E-state index contributed by atoms with van der Waals surface area (Å²) in [6.45, 7) is 6.28. The minimum atomic E-state index is -0.392. The molecule has 0 spiro atoms. The van der Waals surface area contributed by atoms with Gasteiger partial charge in [0.25, 0.3) is 0 Å². The molecule has 0 aromatic rings. The molecule has 0 aliphatic heterocycles. The number of nitrogens with zero attached hydrogens (tertiary/aromatic N) is 1. The van der Waals surface area contributed by atoms with Crippen molar-refractivity contribution >= 4 is 0 Å². The van der Waals surface area contributed by atoms with Gasteiger partial charge in [0.05, 0.1) is 5.60 Å². The molecule has 0 radical (unpaired) electrons. The van der Waals surface area contributed by atoms with Gasteiger partial charge in [0.15, 0.2) is 0 Å². The maximum Gasteiger partial charge on any atom is 0.0774 e. The van der Waals surface area contributed by atoms with Gasteiger partial charge in [-0.3, -0.25) is 0 Å². The second-order valence-electron chi connectivity index (χ2n) is 4.74. The zero-order chi connectivity index (χ0) is 9.90. The molecule has 0 bridgehead atoms. The van der Waals surface area contributed by atoms with E-state index >= 15 is 0 Å². The van der Waals surface area contributed by atoms with Gasteiger partial charge in [-0.2, -0.15) is 0 Å². The largest absolute Gasteiger partial charge is 0.389 e. The van der Waals surface area contributed by atoms with Crippen LogP contribution >= 0.6 is 0 Å². The monoisotopic (exact) mass is 185 g/mol. The first kappa shape index (κ1) is 11.0. The van der Waals surface area contributed by atoms with Crippen LogP contribution in [0.1, 0.15) is 39.5 Å². The zero-order valence-corrected chi connectivity index (χ0v) is 9.21. The molecule has 1 saturated carbocycles. The first-order chi connectivity index (χ1) is 6.06. The van der Waals surface area contributed by atoms with Gasteiger partial charge < -0.3 is 10.0 Å². The van der Waals surface area contributed by atoms with E-state index in [4.69, 9.17) is 0 Å². The molecule has 0 unspecified atom stereocenters. The Labute approximate surface area is 81.9 Å². The standard InChI is InChI=1S/C11H23NO/c1-4-12(3)9-11(13)7-5-10(2)6-8-11/h10,13H,4-9H2,1-3H3. The Bertz CT molecular complexity index is 150. The molecule has 0 aromatic heterocycles. The highest BCUT2D eigenvalue weighted by Gasteiger charge is 2.32. The first-order valence-electron chi connectivity index (χ1n) is 5.46. The van der Waals surface area contributed by atoms with Crippen LogP contribution in [0.2, 0.25) is 0 Å². The van der Waals surface area contributed by atoms with E-state index in [1.807, 2.05) is 0 Å². The summed E-state index contributed by atoms with van der Waals surface area (Å²) in [7, 11) is 2.08. The summed E-state index contributed by atoms with van der Waals surface area (Å²) in [6, 6.07) is 0. The Morgan fingerprint density at radius 3 is 2.38 bits per heavy atom. The molecule has 78 valence electrons. The van der Waals surface area contributed by atoms with Gasteiger partial charge in [-0.1, -0.05) is 13.8 Å². The smallest absolute Gasteiger partial charge is 0.0774 e. The highest BCUT2D eigenvalue weighted by atomic mass is 16.3. The fraction of sp³-hybridized carbons (Fsp3) is 1.00. The van der Waals surface area contributed by atoms with Crippen molar-refractivity contribution in [1.29, 1.82) is 0 Å². The Morgan fingerprint density at radius 1 is 1.38 bits per heavy atom. The predicted octanol–water partition coefficient (Wildman–Crippen LogP) is 1.88. The number of hydrogen-bond donors (Lipinski definition) is 1. The quantitative estimate of drug-likeness (QED) is 0.725. The van der Waals surface area contributed by atoms with Gasteiger partial charge in [-0.25, -0.2) is 0 Å². The average Bonchev–Trinajstić information content (AvgIpc) is 2.10. The van der Waals surface area contributed by atoms with E-state index < -0.39 is 5.60 Å². The van der Waals surface area contributed by atoms with Crippen LogP contribution in [0, 0.1) is 5.92 Å². The molecular weight excluding hydrogens is 162 g/mol. The van der Waals surface area contributed by atoms with E-state index in [2.05, 4.69) is 25.8 Å². The lowest BCUT2D eigenvalue weighted by Gasteiger charge is -2.37. The fourth-order valence-electron chi connectivity index (χ4n) is 2.07. The molecule has 0 atom stereocenters. The van der Waals surface area contributed by atoms with Crippen LogP contribution in [0.4, 0.5) is 0 Å². The minimum Gasteiger partial charge on any atom is -0.389 e. The van der Waals surface area contributed by atoms with Crippen LogP contribution < -0.4 is 0 Å². The van der Waals surface area contributed by atoms with Crippen molar-refractivity contribution in [3.63, 3.8) is 0 Å². The average molecular weight is 185 g/mol. The van der Waals surface area contributed by atoms with Crippen molar-refractivity contribution in [3.05, 3.63) is 0 Å². The molecule has 1 fully saturated rings. The summed E-state index contributed by atoms with van der Waals surface area (Å²) in [4.78, 5) is 2.20. The van der Waals surface area contributed by atoms with E-state index in [9.17, 15) is 5.11 Å². The molecule has 0 aromatic carbocycles. The highest BCUT2D eigenvalue weighted by molar-refractivity contribution is 4.86. The van der Waals surface area contributed by atoms with Crippen LogP contribution in [0.5, 0.6) is 0 Å². The van der Waals surface area contributed by atoms with Crippen LogP contribution in [-0.2, 0) is 0 Å². The van der Waals surface area contributed by atoms with Crippen LogP contribution in [0.15, 0.2) is 0 Å². The summed E-state index contributed by atoms with van der Waals surface area (Å²) in [5, 5.41) is 10.2. The number of hydrogen-bond acceptors (Lipinski definition) is 2. The van der Waals surface area contributed by atoms with Gasteiger partial charge in [0.1, 0.15) is 0 Å². The minimum absolute atomic E-state index is 0.392. The van der Waals surface area contributed by atoms with Crippen molar-refractivity contribution in [3.8, 4) is 0 Å². The molecule has 0 heterocycles. The predicted molar refractivity (Wildman–Crippen MR) is 55.8 cm³/mol. The van der Waals surface area contributed by atoms with Gasteiger partial charge >= 0.3 is 0 Å². The van der Waals surface area contributed by atoms with Gasteiger partial charge in [0, 0.05) is 6.54 Å². The molecule has 1 aliphatic carbocycles.